The molecular formula is C16H17NOS. The molecule has 2 rings (SSSR count). The first-order valence-electron chi connectivity index (χ1n) is 6.33. The van der Waals surface area contributed by atoms with Gasteiger partial charge in [0.2, 0.25) is 0 Å². The lowest BCUT2D eigenvalue weighted by atomic mass is 10.2. The van der Waals surface area contributed by atoms with Gasteiger partial charge in [-0.2, -0.15) is 0 Å². The number of benzene rings is 2. The van der Waals surface area contributed by atoms with E-state index in [2.05, 4.69) is 12.1 Å². The number of rotatable bonds is 6. The number of nitrogens with zero attached hydrogens (tertiary/aromatic N) is 1. The van der Waals surface area contributed by atoms with Gasteiger partial charge in [-0.25, -0.2) is 4.74 Å². The van der Waals surface area contributed by atoms with Crippen LogP contribution in [0.2, 0.25) is 0 Å². The zero-order valence-electron chi connectivity index (χ0n) is 10.7. The Labute approximate surface area is 118 Å². The molecule has 2 aromatic carbocycles. The van der Waals surface area contributed by atoms with E-state index >= 15 is 0 Å². The largest absolute Gasteiger partial charge is 0.624 e. The van der Waals surface area contributed by atoms with Crippen LogP contribution in [0.1, 0.15) is 12.0 Å². The van der Waals surface area contributed by atoms with Crippen molar-refractivity contribution < 1.29 is 4.74 Å². The van der Waals surface area contributed by atoms with Crippen molar-refractivity contribution in [1.29, 1.82) is 0 Å². The van der Waals surface area contributed by atoms with Crippen molar-refractivity contribution in [1.82, 2.24) is 0 Å². The van der Waals surface area contributed by atoms with Crippen molar-refractivity contribution >= 4 is 18.0 Å². The molecule has 0 saturated carbocycles. The Kier molecular flexibility index (Phi) is 5.50. The van der Waals surface area contributed by atoms with Crippen LogP contribution in [0.4, 0.5) is 0 Å². The second kappa shape index (κ2) is 7.64. The van der Waals surface area contributed by atoms with Gasteiger partial charge in [0.25, 0.3) is 0 Å². The highest BCUT2D eigenvalue weighted by molar-refractivity contribution is 7.99. The summed E-state index contributed by atoms with van der Waals surface area (Å²) in [5, 5.41) is 11.7. The number of thioether (sulfide) groups is 1. The predicted molar refractivity (Wildman–Crippen MR) is 81.6 cm³/mol. The third-order valence-electron chi connectivity index (χ3n) is 2.64. The van der Waals surface area contributed by atoms with Crippen LogP contribution in [-0.2, 0) is 6.54 Å². The van der Waals surface area contributed by atoms with Gasteiger partial charge in [0, 0.05) is 22.6 Å². The van der Waals surface area contributed by atoms with E-state index in [1.54, 1.807) is 18.0 Å². The Bertz CT molecular complexity index is 511. The van der Waals surface area contributed by atoms with Gasteiger partial charge in [0.15, 0.2) is 12.8 Å². The minimum atomic E-state index is 0.427. The van der Waals surface area contributed by atoms with Crippen LogP contribution in [-0.4, -0.2) is 16.7 Å². The van der Waals surface area contributed by atoms with Gasteiger partial charge >= 0.3 is 0 Å². The minimum absolute atomic E-state index is 0.427. The van der Waals surface area contributed by atoms with Crippen molar-refractivity contribution in [2.45, 2.75) is 17.9 Å². The van der Waals surface area contributed by atoms with E-state index in [9.17, 15) is 5.21 Å². The number of hydroxylamine groups is 1. The van der Waals surface area contributed by atoms with Crippen LogP contribution >= 0.6 is 11.8 Å². The van der Waals surface area contributed by atoms with E-state index in [1.807, 2.05) is 48.5 Å². The van der Waals surface area contributed by atoms with E-state index < -0.39 is 0 Å². The summed E-state index contributed by atoms with van der Waals surface area (Å²) < 4.78 is 1.01. The predicted octanol–water partition coefficient (Wildman–Crippen LogP) is 3.95. The highest BCUT2D eigenvalue weighted by Crippen LogP contribution is 2.17. The quantitative estimate of drug-likeness (QED) is 0.198. The topological polar surface area (TPSA) is 26.1 Å². The van der Waals surface area contributed by atoms with Gasteiger partial charge in [-0.15, -0.1) is 11.8 Å². The Morgan fingerprint density at radius 1 is 0.947 bits per heavy atom. The molecule has 0 aromatic heterocycles. The molecular weight excluding hydrogens is 254 g/mol. The summed E-state index contributed by atoms with van der Waals surface area (Å²) in [6, 6.07) is 20.0. The molecule has 0 saturated heterocycles. The molecule has 0 bridgehead atoms. The average Bonchev–Trinajstić information content (AvgIpc) is 2.46. The molecule has 3 heteroatoms. The van der Waals surface area contributed by atoms with Gasteiger partial charge in [-0.05, 0) is 12.1 Å². The van der Waals surface area contributed by atoms with Gasteiger partial charge in [0.05, 0.1) is 0 Å². The molecule has 0 aliphatic heterocycles. The molecule has 0 heterocycles. The molecule has 0 radical (unpaired) electrons. The monoisotopic (exact) mass is 271 g/mol. The van der Waals surface area contributed by atoms with E-state index in [0.717, 1.165) is 22.5 Å². The zero-order valence-corrected chi connectivity index (χ0v) is 11.6. The van der Waals surface area contributed by atoms with Crippen LogP contribution in [0.5, 0.6) is 0 Å². The maximum Gasteiger partial charge on any atom is 0.178 e. The zero-order chi connectivity index (χ0) is 13.3. The molecule has 98 valence electrons. The lowest BCUT2D eigenvalue weighted by Crippen LogP contribution is -2.05. The van der Waals surface area contributed by atoms with Crippen LogP contribution in [0.3, 0.4) is 0 Å². The Morgan fingerprint density at radius 3 is 2.26 bits per heavy atom. The molecule has 0 aliphatic carbocycles. The first-order valence-corrected chi connectivity index (χ1v) is 7.32. The van der Waals surface area contributed by atoms with Crippen molar-refractivity contribution in [3.63, 3.8) is 0 Å². The second-order valence-electron chi connectivity index (χ2n) is 4.19. The molecule has 0 spiro atoms. The summed E-state index contributed by atoms with van der Waals surface area (Å²) in [6.07, 6.45) is 2.51. The summed E-state index contributed by atoms with van der Waals surface area (Å²) in [4.78, 5) is 1.25. The molecule has 19 heavy (non-hydrogen) atoms. The summed E-state index contributed by atoms with van der Waals surface area (Å²) in [5.41, 5.74) is 1.05. The third kappa shape index (κ3) is 5.18. The van der Waals surface area contributed by atoms with Crippen molar-refractivity contribution in [3.8, 4) is 0 Å². The summed E-state index contributed by atoms with van der Waals surface area (Å²) >= 11 is 1.77. The third-order valence-corrected chi connectivity index (χ3v) is 3.69. The minimum Gasteiger partial charge on any atom is -0.624 e. The maximum absolute atomic E-state index is 11.7. The van der Waals surface area contributed by atoms with E-state index in [-0.39, 0.29) is 0 Å². The average molecular weight is 271 g/mol. The summed E-state index contributed by atoms with van der Waals surface area (Å²) in [6.45, 7) is 0.427. The Morgan fingerprint density at radius 2 is 1.58 bits per heavy atom. The SMILES string of the molecule is [O-]/[N+](=C\CCSc1ccccc1)Cc1ccccc1. The molecule has 0 atom stereocenters. The fourth-order valence-electron chi connectivity index (χ4n) is 1.72. The molecule has 0 aliphatic rings. The standard InChI is InChI=1S/C16H17NOS/c18-17(14-15-8-3-1-4-9-15)12-7-13-19-16-10-5-2-6-11-16/h1-6,8-12H,7,13-14H2/b17-12-. The smallest absolute Gasteiger partial charge is 0.178 e. The molecule has 0 amide bonds. The Hall–Kier alpha value is -1.74. The number of hydrogen-bond donors (Lipinski definition) is 0. The fraction of sp³-hybridized carbons (Fsp3) is 0.188. The normalized spacial score (nSPS) is 11.5. The fourth-order valence-corrected chi connectivity index (χ4v) is 2.53. The van der Waals surface area contributed by atoms with Gasteiger partial charge in [-0.3, -0.25) is 0 Å². The van der Waals surface area contributed by atoms with Crippen molar-refractivity contribution in [3.05, 3.63) is 71.4 Å². The molecule has 2 nitrogen and oxygen atoms in total. The van der Waals surface area contributed by atoms with Gasteiger partial charge < -0.3 is 5.21 Å². The van der Waals surface area contributed by atoms with Gasteiger partial charge in [-0.1, -0.05) is 48.5 Å². The van der Waals surface area contributed by atoms with Crippen LogP contribution in [0.25, 0.3) is 0 Å². The van der Waals surface area contributed by atoms with Crippen LogP contribution in [0, 0.1) is 5.21 Å². The van der Waals surface area contributed by atoms with E-state index in [4.69, 9.17) is 0 Å². The van der Waals surface area contributed by atoms with Crippen molar-refractivity contribution in [2.75, 3.05) is 5.75 Å². The first-order chi connectivity index (χ1) is 9.34. The highest BCUT2D eigenvalue weighted by atomic mass is 32.2. The maximum atomic E-state index is 11.7. The van der Waals surface area contributed by atoms with E-state index in [1.165, 1.54) is 4.90 Å². The molecule has 2 aromatic rings. The summed E-state index contributed by atoms with van der Waals surface area (Å²) in [5.74, 6) is 0.928. The highest BCUT2D eigenvalue weighted by Gasteiger charge is 1.97. The lowest BCUT2D eigenvalue weighted by molar-refractivity contribution is -0.471. The van der Waals surface area contributed by atoms with E-state index in [0.29, 0.717) is 6.54 Å². The Balaban J connectivity index is 1.73. The summed E-state index contributed by atoms with van der Waals surface area (Å²) in [7, 11) is 0. The van der Waals surface area contributed by atoms with Crippen LogP contribution < -0.4 is 0 Å². The van der Waals surface area contributed by atoms with Gasteiger partial charge in [0.1, 0.15) is 0 Å². The second-order valence-corrected chi connectivity index (χ2v) is 5.36. The van der Waals surface area contributed by atoms with Crippen LogP contribution in [0.15, 0.2) is 65.6 Å². The molecule has 0 fully saturated rings. The first kappa shape index (κ1) is 13.7. The molecule has 0 N–H and O–H groups in total. The molecule has 0 unspecified atom stereocenters. The lowest BCUT2D eigenvalue weighted by Gasteiger charge is -2.04. The van der Waals surface area contributed by atoms with Crippen molar-refractivity contribution in [2.24, 2.45) is 0 Å². The number of hydrogen-bond acceptors (Lipinski definition) is 2.